The van der Waals surface area contributed by atoms with Gasteiger partial charge in [0, 0.05) is 25.2 Å². The monoisotopic (exact) mass is 480 g/mol. The maximum absolute atomic E-state index is 13.3. The molecule has 8 heteroatoms. The number of piperidine rings is 2. The summed E-state index contributed by atoms with van der Waals surface area (Å²) >= 11 is 0. The Morgan fingerprint density at radius 1 is 0.886 bits per heavy atom. The van der Waals surface area contributed by atoms with Crippen LogP contribution in [0.4, 0.5) is 5.69 Å². The van der Waals surface area contributed by atoms with Crippen molar-refractivity contribution in [1.29, 1.82) is 0 Å². The van der Waals surface area contributed by atoms with Gasteiger partial charge < -0.3 is 24.0 Å². The van der Waals surface area contributed by atoms with Gasteiger partial charge in [0.05, 0.1) is 26.2 Å². The van der Waals surface area contributed by atoms with E-state index < -0.39 is 17.9 Å². The highest BCUT2D eigenvalue weighted by atomic mass is 16.5. The summed E-state index contributed by atoms with van der Waals surface area (Å²) in [5, 5.41) is 0. The lowest BCUT2D eigenvalue weighted by Gasteiger charge is -2.40. The highest BCUT2D eigenvalue weighted by molar-refractivity contribution is 5.97. The van der Waals surface area contributed by atoms with Gasteiger partial charge in [0.1, 0.15) is 11.5 Å². The predicted octanol–water partition coefficient (Wildman–Crippen LogP) is 3.74. The van der Waals surface area contributed by atoms with E-state index in [2.05, 4.69) is 0 Å². The number of benzene rings is 2. The average Bonchev–Trinajstić information content (AvgIpc) is 2.92. The maximum atomic E-state index is 13.3. The number of carbonyl (C=O) groups is 3. The van der Waals surface area contributed by atoms with E-state index in [0.29, 0.717) is 36.7 Å². The largest absolute Gasteiger partial charge is 0.497 e. The SMILES string of the molecule is COc1ccc([C@H]2[C@@H](C(=O)OCC(=O)N3CCCCC3)CCC(=O)N2c2ccc(OC)cc2)cc1. The summed E-state index contributed by atoms with van der Waals surface area (Å²) < 4.78 is 16.1. The van der Waals surface area contributed by atoms with Gasteiger partial charge in [0.25, 0.3) is 5.91 Å². The summed E-state index contributed by atoms with van der Waals surface area (Å²) in [6.07, 6.45) is 3.61. The molecule has 2 atom stereocenters. The fraction of sp³-hybridized carbons (Fsp3) is 0.444. The van der Waals surface area contributed by atoms with Crippen molar-refractivity contribution < 1.29 is 28.6 Å². The summed E-state index contributed by atoms with van der Waals surface area (Å²) in [6, 6.07) is 13.9. The molecule has 0 saturated carbocycles. The van der Waals surface area contributed by atoms with Gasteiger partial charge in [0.2, 0.25) is 5.91 Å². The minimum Gasteiger partial charge on any atom is -0.497 e. The number of anilines is 1. The number of hydrogen-bond acceptors (Lipinski definition) is 6. The van der Waals surface area contributed by atoms with E-state index in [1.807, 2.05) is 24.3 Å². The highest BCUT2D eigenvalue weighted by Gasteiger charge is 2.42. The van der Waals surface area contributed by atoms with Gasteiger partial charge in [-0.1, -0.05) is 12.1 Å². The van der Waals surface area contributed by atoms with Crippen molar-refractivity contribution in [1.82, 2.24) is 4.90 Å². The van der Waals surface area contributed by atoms with E-state index in [1.165, 1.54) is 0 Å². The van der Waals surface area contributed by atoms with Crippen LogP contribution in [-0.2, 0) is 19.1 Å². The third-order valence-corrected chi connectivity index (χ3v) is 6.75. The second-order valence-electron chi connectivity index (χ2n) is 8.87. The third kappa shape index (κ3) is 5.58. The molecule has 35 heavy (non-hydrogen) atoms. The quantitative estimate of drug-likeness (QED) is 0.561. The normalized spacial score (nSPS) is 20.3. The summed E-state index contributed by atoms with van der Waals surface area (Å²) in [7, 11) is 3.17. The van der Waals surface area contributed by atoms with Gasteiger partial charge in [-0.25, -0.2) is 0 Å². The van der Waals surface area contributed by atoms with Crippen molar-refractivity contribution in [2.24, 2.45) is 5.92 Å². The zero-order chi connectivity index (χ0) is 24.8. The van der Waals surface area contributed by atoms with E-state index >= 15 is 0 Å². The number of hydrogen-bond donors (Lipinski definition) is 0. The van der Waals surface area contributed by atoms with Crippen LogP contribution < -0.4 is 14.4 Å². The van der Waals surface area contributed by atoms with Crippen LogP contribution in [0.1, 0.15) is 43.7 Å². The molecule has 2 heterocycles. The first kappa shape index (κ1) is 24.6. The predicted molar refractivity (Wildman–Crippen MR) is 130 cm³/mol. The second kappa shape index (κ2) is 11.3. The molecular formula is C27H32N2O6. The number of esters is 1. The molecular weight excluding hydrogens is 448 g/mol. The number of methoxy groups -OCH3 is 2. The Hall–Kier alpha value is -3.55. The standard InChI is InChI=1S/C27H32N2O6/c1-33-21-10-6-19(7-11-21)26-23(27(32)35-18-25(31)28-16-4-3-5-17-28)14-15-24(30)29(26)20-8-12-22(34-2)13-9-20/h6-13,23,26H,3-5,14-18H2,1-2H3/t23-,26-/m0/s1. The molecule has 2 aromatic carbocycles. The van der Waals surface area contributed by atoms with Crippen molar-refractivity contribution in [3.63, 3.8) is 0 Å². The zero-order valence-corrected chi connectivity index (χ0v) is 20.3. The minimum absolute atomic E-state index is 0.0792. The fourth-order valence-corrected chi connectivity index (χ4v) is 4.84. The van der Waals surface area contributed by atoms with Crippen molar-refractivity contribution in [2.45, 2.75) is 38.1 Å². The Morgan fingerprint density at radius 3 is 2.09 bits per heavy atom. The summed E-state index contributed by atoms with van der Waals surface area (Å²) in [6.45, 7) is 1.13. The van der Waals surface area contributed by atoms with Gasteiger partial charge in [-0.05, 0) is 67.6 Å². The van der Waals surface area contributed by atoms with Crippen LogP contribution >= 0.6 is 0 Å². The first-order valence-electron chi connectivity index (χ1n) is 12.1. The van der Waals surface area contributed by atoms with Crippen LogP contribution in [0, 0.1) is 5.92 Å². The Morgan fingerprint density at radius 2 is 1.49 bits per heavy atom. The summed E-state index contributed by atoms with van der Waals surface area (Å²) in [5.74, 6) is 0.0199. The number of likely N-dealkylation sites (tertiary alicyclic amines) is 1. The second-order valence-corrected chi connectivity index (χ2v) is 8.87. The smallest absolute Gasteiger partial charge is 0.311 e. The third-order valence-electron chi connectivity index (χ3n) is 6.75. The average molecular weight is 481 g/mol. The van der Waals surface area contributed by atoms with E-state index in [9.17, 15) is 14.4 Å². The van der Waals surface area contributed by atoms with E-state index in [1.54, 1.807) is 48.3 Å². The zero-order valence-electron chi connectivity index (χ0n) is 20.3. The Labute approximate surface area is 205 Å². The van der Waals surface area contributed by atoms with Crippen LogP contribution in [0.15, 0.2) is 48.5 Å². The summed E-state index contributed by atoms with van der Waals surface area (Å²) in [4.78, 5) is 42.4. The lowest BCUT2D eigenvalue weighted by Crippen LogP contribution is -2.46. The molecule has 0 N–H and O–H groups in total. The van der Waals surface area contributed by atoms with E-state index in [0.717, 1.165) is 24.8 Å². The van der Waals surface area contributed by atoms with Gasteiger partial charge in [0.15, 0.2) is 6.61 Å². The molecule has 8 nitrogen and oxygen atoms in total. The topological polar surface area (TPSA) is 85.4 Å². The molecule has 2 aromatic rings. The van der Waals surface area contributed by atoms with Gasteiger partial charge in [-0.2, -0.15) is 0 Å². The van der Waals surface area contributed by atoms with Crippen molar-refractivity contribution in [2.75, 3.05) is 38.8 Å². The van der Waals surface area contributed by atoms with Crippen LogP contribution in [0.3, 0.4) is 0 Å². The van der Waals surface area contributed by atoms with Crippen molar-refractivity contribution >= 4 is 23.5 Å². The molecule has 2 aliphatic heterocycles. The number of nitrogens with zero attached hydrogens (tertiary/aromatic N) is 2. The highest BCUT2D eigenvalue weighted by Crippen LogP contribution is 2.41. The van der Waals surface area contributed by atoms with E-state index in [-0.39, 0.29) is 24.8 Å². The van der Waals surface area contributed by atoms with Crippen LogP contribution in [-0.4, -0.2) is 56.6 Å². The molecule has 0 spiro atoms. The molecule has 0 radical (unpaired) electrons. The lowest BCUT2D eigenvalue weighted by molar-refractivity contribution is -0.157. The molecule has 0 aromatic heterocycles. The molecule has 2 amide bonds. The number of amides is 2. The number of rotatable bonds is 7. The number of carbonyl (C=O) groups excluding carboxylic acids is 3. The maximum Gasteiger partial charge on any atom is 0.311 e. The summed E-state index contributed by atoms with van der Waals surface area (Å²) in [5.41, 5.74) is 1.46. The Bertz CT molecular complexity index is 1030. The molecule has 0 aliphatic carbocycles. The molecule has 186 valence electrons. The molecule has 2 aliphatic rings. The first-order valence-corrected chi connectivity index (χ1v) is 12.1. The van der Waals surface area contributed by atoms with Crippen LogP contribution in [0.5, 0.6) is 11.5 Å². The van der Waals surface area contributed by atoms with Crippen molar-refractivity contribution in [3.8, 4) is 11.5 Å². The minimum atomic E-state index is -0.614. The lowest BCUT2D eigenvalue weighted by atomic mass is 9.83. The molecule has 0 bridgehead atoms. The van der Waals surface area contributed by atoms with Gasteiger partial charge in [-0.15, -0.1) is 0 Å². The fourth-order valence-electron chi connectivity index (χ4n) is 4.84. The molecule has 2 saturated heterocycles. The Kier molecular flexibility index (Phi) is 7.90. The molecule has 2 fully saturated rings. The molecule has 4 rings (SSSR count). The number of ether oxygens (including phenoxy) is 3. The van der Waals surface area contributed by atoms with Crippen molar-refractivity contribution in [3.05, 3.63) is 54.1 Å². The van der Waals surface area contributed by atoms with Crippen LogP contribution in [0.25, 0.3) is 0 Å². The first-order chi connectivity index (χ1) is 17.0. The molecule has 0 unspecified atom stereocenters. The van der Waals surface area contributed by atoms with Gasteiger partial charge in [-0.3, -0.25) is 14.4 Å². The van der Waals surface area contributed by atoms with E-state index in [4.69, 9.17) is 14.2 Å². The van der Waals surface area contributed by atoms with Crippen LogP contribution in [0.2, 0.25) is 0 Å². The van der Waals surface area contributed by atoms with Gasteiger partial charge >= 0.3 is 5.97 Å². The Balaban J connectivity index is 1.60.